The molecule has 0 N–H and O–H groups in total. The number of hydrogen-bond acceptors (Lipinski definition) is 2. The standard InChI is InChI=1S/C44H25NS2/c1-2-10-28(11-3-1)45-39-15-7-4-12-29(39)36-20-26(18-19-40(36)45)32-21-27-22-43-37(30-13-5-8-16-41(30)46-43)23-33(27)35-25-44-38(24-34(32)35)31-14-6-9-17-42(31)47-44/h1-25H. The maximum Gasteiger partial charge on any atom is 0.0541 e. The van der Waals surface area contributed by atoms with E-state index in [1.165, 1.54) is 101 Å². The zero-order valence-corrected chi connectivity index (χ0v) is 26.8. The first-order valence-electron chi connectivity index (χ1n) is 16.0. The lowest BCUT2D eigenvalue weighted by molar-refractivity contribution is 1.18. The highest BCUT2D eigenvalue weighted by atomic mass is 32.1. The Kier molecular flexibility index (Phi) is 5.20. The van der Waals surface area contributed by atoms with Crippen molar-refractivity contribution in [1.29, 1.82) is 0 Å². The summed E-state index contributed by atoms with van der Waals surface area (Å²) in [6, 6.07) is 56.5. The second-order valence-electron chi connectivity index (χ2n) is 12.5. The summed E-state index contributed by atoms with van der Waals surface area (Å²) in [5.41, 5.74) is 6.17. The number of para-hydroxylation sites is 2. The number of hydrogen-bond donors (Lipinski definition) is 0. The Morgan fingerprint density at radius 1 is 0.340 bits per heavy atom. The number of nitrogens with zero attached hydrogens (tertiary/aromatic N) is 1. The molecule has 0 unspecified atom stereocenters. The highest BCUT2D eigenvalue weighted by Crippen LogP contribution is 2.45. The van der Waals surface area contributed by atoms with E-state index in [4.69, 9.17) is 0 Å². The van der Waals surface area contributed by atoms with Crippen molar-refractivity contribution in [3.63, 3.8) is 0 Å². The van der Waals surface area contributed by atoms with Gasteiger partial charge in [0.15, 0.2) is 0 Å². The molecule has 3 heteroatoms. The van der Waals surface area contributed by atoms with Crippen molar-refractivity contribution in [1.82, 2.24) is 4.57 Å². The minimum atomic E-state index is 1.18. The Hall–Kier alpha value is -5.48. The summed E-state index contributed by atoms with van der Waals surface area (Å²) in [5.74, 6) is 0. The minimum absolute atomic E-state index is 1.18. The number of benzene rings is 8. The van der Waals surface area contributed by atoms with Crippen molar-refractivity contribution in [3.8, 4) is 16.8 Å². The van der Waals surface area contributed by atoms with Gasteiger partial charge in [-0.05, 0) is 105 Å². The largest absolute Gasteiger partial charge is 0.309 e. The Morgan fingerprint density at radius 2 is 0.957 bits per heavy atom. The van der Waals surface area contributed by atoms with Gasteiger partial charge in [-0.1, -0.05) is 78.9 Å². The van der Waals surface area contributed by atoms with Gasteiger partial charge in [-0.25, -0.2) is 0 Å². The molecule has 0 radical (unpaired) electrons. The predicted octanol–water partition coefficient (Wildman–Crippen LogP) is 13.5. The summed E-state index contributed by atoms with van der Waals surface area (Å²) in [7, 11) is 0. The number of thiophene rings is 2. The molecule has 11 rings (SSSR count). The molecule has 3 heterocycles. The zero-order chi connectivity index (χ0) is 30.6. The molecule has 0 spiro atoms. The maximum absolute atomic E-state index is 2.46. The molecule has 0 aliphatic carbocycles. The molecule has 0 amide bonds. The first-order valence-corrected chi connectivity index (χ1v) is 17.6. The van der Waals surface area contributed by atoms with Gasteiger partial charge in [0.1, 0.15) is 0 Å². The van der Waals surface area contributed by atoms with Crippen LogP contribution >= 0.6 is 22.7 Å². The van der Waals surface area contributed by atoms with Crippen molar-refractivity contribution in [2.24, 2.45) is 0 Å². The molecular formula is C44H25NS2. The predicted molar refractivity (Wildman–Crippen MR) is 207 cm³/mol. The molecule has 0 aliphatic rings. The van der Waals surface area contributed by atoms with Crippen LogP contribution in [0, 0.1) is 0 Å². The fourth-order valence-electron chi connectivity index (χ4n) is 7.82. The molecule has 11 aromatic rings. The smallest absolute Gasteiger partial charge is 0.0541 e. The van der Waals surface area contributed by atoms with E-state index in [9.17, 15) is 0 Å². The van der Waals surface area contributed by atoms with E-state index in [1.807, 2.05) is 22.7 Å². The van der Waals surface area contributed by atoms with Crippen LogP contribution in [0.4, 0.5) is 0 Å². The Morgan fingerprint density at radius 3 is 1.72 bits per heavy atom. The fourth-order valence-corrected chi connectivity index (χ4v) is 10.1. The summed E-state index contributed by atoms with van der Waals surface area (Å²) < 4.78 is 7.76. The second kappa shape index (κ2) is 9.52. The lowest BCUT2D eigenvalue weighted by Crippen LogP contribution is -1.93. The van der Waals surface area contributed by atoms with E-state index in [2.05, 4.69) is 156 Å². The van der Waals surface area contributed by atoms with Gasteiger partial charge >= 0.3 is 0 Å². The average molecular weight is 632 g/mol. The van der Waals surface area contributed by atoms with Gasteiger partial charge in [-0.15, -0.1) is 22.7 Å². The molecule has 3 aromatic heterocycles. The molecule has 1 nitrogen and oxygen atoms in total. The Bertz CT molecular complexity index is 3070. The van der Waals surface area contributed by atoms with Crippen molar-refractivity contribution < 1.29 is 0 Å². The van der Waals surface area contributed by atoms with Gasteiger partial charge in [0, 0.05) is 56.8 Å². The van der Waals surface area contributed by atoms with Gasteiger partial charge in [0.25, 0.3) is 0 Å². The van der Waals surface area contributed by atoms with E-state index < -0.39 is 0 Å². The van der Waals surface area contributed by atoms with Crippen LogP contribution in [0.25, 0.3) is 101 Å². The van der Waals surface area contributed by atoms with Crippen molar-refractivity contribution in [2.45, 2.75) is 0 Å². The molecular weight excluding hydrogens is 607 g/mol. The third kappa shape index (κ3) is 3.64. The van der Waals surface area contributed by atoms with Crippen LogP contribution in [0.3, 0.4) is 0 Å². The number of aromatic nitrogens is 1. The molecule has 47 heavy (non-hydrogen) atoms. The number of fused-ring (bicyclic) bond motifs is 12. The average Bonchev–Trinajstić information content (AvgIpc) is 3.78. The summed E-state index contributed by atoms with van der Waals surface area (Å²) >= 11 is 3.79. The Balaban J connectivity index is 1.27. The van der Waals surface area contributed by atoms with Gasteiger partial charge in [-0.2, -0.15) is 0 Å². The van der Waals surface area contributed by atoms with Crippen LogP contribution in [0.2, 0.25) is 0 Å². The van der Waals surface area contributed by atoms with Crippen LogP contribution in [0.5, 0.6) is 0 Å². The first-order chi connectivity index (χ1) is 23.3. The van der Waals surface area contributed by atoms with E-state index >= 15 is 0 Å². The monoisotopic (exact) mass is 631 g/mol. The van der Waals surface area contributed by atoms with Crippen LogP contribution in [-0.4, -0.2) is 4.57 Å². The van der Waals surface area contributed by atoms with E-state index in [1.54, 1.807) is 0 Å². The highest BCUT2D eigenvalue weighted by molar-refractivity contribution is 7.26. The summed E-state index contributed by atoms with van der Waals surface area (Å²) in [4.78, 5) is 0. The molecule has 0 aliphatic heterocycles. The summed E-state index contributed by atoms with van der Waals surface area (Å²) in [6.45, 7) is 0. The molecule has 0 atom stereocenters. The summed E-state index contributed by atoms with van der Waals surface area (Å²) in [5, 5.41) is 13.1. The first kappa shape index (κ1) is 25.7. The SMILES string of the molecule is c1ccc(-n2c3ccccc3c3cc(-c4cc5cc6sc7ccccc7c6cc5c5cc6sc7ccccc7c6cc45)ccc32)cc1. The van der Waals surface area contributed by atoms with Crippen molar-refractivity contribution >= 4 is 106 Å². The maximum atomic E-state index is 2.46. The van der Waals surface area contributed by atoms with Crippen LogP contribution in [0.1, 0.15) is 0 Å². The molecule has 8 aromatic carbocycles. The van der Waals surface area contributed by atoms with E-state index in [-0.39, 0.29) is 0 Å². The lowest BCUT2D eigenvalue weighted by atomic mass is 9.91. The van der Waals surface area contributed by atoms with Gasteiger partial charge < -0.3 is 4.57 Å². The molecule has 0 fully saturated rings. The van der Waals surface area contributed by atoms with Crippen molar-refractivity contribution in [3.05, 3.63) is 152 Å². The highest BCUT2D eigenvalue weighted by Gasteiger charge is 2.18. The van der Waals surface area contributed by atoms with Crippen LogP contribution < -0.4 is 0 Å². The lowest BCUT2D eigenvalue weighted by Gasteiger charge is -2.13. The third-order valence-corrected chi connectivity index (χ3v) is 12.2. The fraction of sp³-hybridized carbons (Fsp3) is 0. The second-order valence-corrected chi connectivity index (χ2v) is 14.7. The van der Waals surface area contributed by atoms with Gasteiger partial charge in [0.2, 0.25) is 0 Å². The molecule has 0 bridgehead atoms. The zero-order valence-electron chi connectivity index (χ0n) is 25.2. The number of rotatable bonds is 2. The van der Waals surface area contributed by atoms with Gasteiger partial charge in [-0.3, -0.25) is 0 Å². The normalized spacial score (nSPS) is 12.3. The molecule has 218 valence electrons. The molecule has 0 saturated heterocycles. The molecule has 0 saturated carbocycles. The Labute approximate surface area is 278 Å². The third-order valence-electron chi connectivity index (χ3n) is 9.94. The van der Waals surface area contributed by atoms with E-state index in [0.29, 0.717) is 0 Å². The quantitative estimate of drug-likeness (QED) is 0.167. The van der Waals surface area contributed by atoms with Gasteiger partial charge in [0.05, 0.1) is 11.0 Å². The minimum Gasteiger partial charge on any atom is -0.309 e. The summed E-state index contributed by atoms with van der Waals surface area (Å²) in [6.07, 6.45) is 0. The van der Waals surface area contributed by atoms with Crippen molar-refractivity contribution in [2.75, 3.05) is 0 Å². The van der Waals surface area contributed by atoms with Crippen LogP contribution in [-0.2, 0) is 0 Å². The topological polar surface area (TPSA) is 4.93 Å². The van der Waals surface area contributed by atoms with E-state index in [0.717, 1.165) is 0 Å². The van der Waals surface area contributed by atoms with Crippen LogP contribution in [0.15, 0.2) is 152 Å².